The fraction of sp³-hybridized carbons (Fsp3) is 0.250. The minimum absolute atomic E-state index is 0.277. The number of aromatic nitrogens is 1. The molecule has 0 amide bonds. The fourth-order valence-corrected chi connectivity index (χ4v) is 1.88. The molecule has 4 nitrogen and oxygen atoms in total. The van der Waals surface area contributed by atoms with E-state index in [0.717, 1.165) is 16.5 Å². The maximum absolute atomic E-state index is 10.5. The molecular weight excluding hydrogens is 206 g/mol. The molecule has 0 saturated carbocycles. The lowest BCUT2D eigenvalue weighted by Crippen LogP contribution is -2.04. The van der Waals surface area contributed by atoms with Gasteiger partial charge in [-0.1, -0.05) is 18.2 Å². The van der Waals surface area contributed by atoms with E-state index in [1.54, 1.807) is 6.20 Å². The Kier molecular flexibility index (Phi) is 2.66. The number of benzene rings is 1. The molecule has 0 fully saturated rings. The molecule has 0 spiro atoms. The summed E-state index contributed by atoms with van der Waals surface area (Å²) in [6.07, 6.45) is 0.430. The first-order valence-corrected chi connectivity index (χ1v) is 5.06. The Morgan fingerprint density at radius 2 is 2.25 bits per heavy atom. The average Bonchev–Trinajstić information content (AvgIpc) is 2.61. The van der Waals surface area contributed by atoms with Crippen LogP contribution in [0.2, 0.25) is 0 Å². The number of carbonyl (C=O) groups is 1. The van der Waals surface area contributed by atoms with Crippen molar-refractivity contribution in [3.63, 3.8) is 0 Å². The topological polar surface area (TPSA) is 73.3 Å². The first-order valence-electron chi connectivity index (χ1n) is 5.06. The van der Waals surface area contributed by atoms with Crippen molar-refractivity contribution in [3.8, 4) is 0 Å². The lowest BCUT2D eigenvalue weighted by Gasteiger charge is -2.06. The zero-order valence-corrected chi connectivity index (χ0v) is 8.90. The molecule has 2 aromatic rings. The number of carboxylic acids is 1. The van der Waals surface area contributed by atoms with Crippen molar-refractivity contribution in [3.05, 3.63) is 35.5 Å². The second kappa shape index (κ2) is 3.98. The zero-order valence-electron chi connectivity index (χ0n) is 8.90. The number of H-pyrrole nitrogens is 1. The molecule has 0 aliphatic heterocycles. The van der Waals surface area contributed by atoms with Crippen molar-refractivity contribution in [2.75, 3.05) is 0 Å². The summed E-state index contributed by atoms with van der Waals surface area (Å²) in [5, 5.41) is 19.3. The molecule has 1 aromatic carbocycles. The van der Waals surface area contributed by atoms with Crippen LogP contribution >= 0.6 is 0 Å². The second-order valence-corrected chi connectivity index (χ2v) is 3.86. The molecule has 84 valence electrons. The van der Waals surface area contributed by atoms with Crippen LogP contribution in [-0.4, -0.2) is 21.2 Å². The number of aromatic amines is 1. The highest BCUT2D eigenvalue weighted by Gasteiger charge is 2.16. The number of aliphatic carboxylic acids is 1. The molecule has 0 saturated heterocycles. The van der Waals surface area contributed by atoms with Gasteiger partial charge in [-0.05, 0) is 12.5 Å². The van der Waals surface area contributed by atoms with E-state index in [4.69, 9.17) is 5.11 Å². The van der Waals surface area contributed by atoms with Gasteiger partial charge in [0.05, 0.1) is 12.5 Å². The molecule has 2 rings (SSSR count). The van der Waals surface area contributed by atoms with E-state index < -0.39 is 12.1 Å². The number of carboxylic acid groups (broad SMARTS) is 1. The van der Waals surface area contributed by atoms with Crippen LogP contribution in [0, 0.1) is 6.92 Å². The highest BCUT2D eigenvalue weighted by Crippen LogP contribution is 2.27. The maximum atomic E-state index is 10.5. The number of aliphatic hydroxyl groups excluding tert-OH is 1. The Labute approximate surface area is 92.5 Å². The largest absolute Gasteiger partial charge is 0.481 e. The van der Waals surface area contributed by atoms with E-state index in [1.807, 2.05) is 25.1 Å². The predicted molar refractivity (Wildman–Crippen MR) is 60.2 cm³/mol. The monoisotopic (exact) mass is 219 g/mol. The first kappa shape index (κ1) is 10.7. The van der Waals surface area contributed by atoms with Gasteiger partial charge in [-0.15, -0.1) is 0 Å². The van der Waals surface area contributed by atoms with E-state index in [0.29, 0.717) is 5.56 Å². The third-order valence-electron chi connectivity index (χ3n) is 2.68. The fourth-order valence-electron chi connectivity index (χ4n) is 1.88. The number of rotatable bonds is 3. The quantitative estimate of drug-likeness (QED) is 0.739. The molecule has 4 heteroatoms. The smallest absolute Gasteiger partial charge is 0.306 e. The molecule has 3 N–H and O–H groups in total. The Morgan fingerprint density at radius 1 is 1.50 bits per heavy atom. The average molecular weight is 219 g/mol. The lowest BCUT2D eigenvalue weighted by molar-refractivity contribution is -0.139. The summed E-state index contributed by atoms with van der Waals surface area (Å²) in [6, 6.07) is 5.73. The number of nitrogens with one attached hydrogen (secondary N) is 1. The molecule has 0 radical (unpaired) electrons. The van der Waals surface area contributed by atoms with Crippen LogP contribution in [0.3, 0.4) is 0 Å². The van der Waals surface area contributed by atoms with Gasteiger partial charge in [0.15, 0.2) is 0 Å². The van der Waals surface area contributed by atoms with Gasteiger partial charge in [-0.25, -0.2) is 0 Å². The summed E-state index contributed by atoms with van der Waals surface area (Å²) in [5.74, 6) is -1.01. The van der Waals surface area contributed by atoms with Gasteiger partial charge < -0.3 is 15.2 Å². The molecule has 1 heterocycles. The summed E-state index contributed by atoms with van der Waals surface area (Å²) < 4.78 is 0. The van der Waals surface area contributed by atoms with Crippen LogP contribution in [0.15, 0.2) is 24.4 Å². The van der Waals surface area contributed by atoms with Crippen molar-refractivity contribution in [2.45, 2.75) is 19.4 Å². The van der Waals surface area contributed by atoms with E-state index in [9.17, 15) is 9.90 Å². The van der Waals surface area contributed by atoms with Crippen LogP contribution in [0.1, 0.15) is 23.7 Å². The van der Waals surface area contributed by atoms with Crippen LogP contribution in [-0.2, 0) is 4.79 Å². The maximum Gasteiger partial charge on any atom is 0.306 e. The van der Waals surface area contributed by atoms with Gasteiger partial charge in [0.2, 0.25) is 0 Å². The van der Waals surface area contributed by atoms with Crippen molar-refractivity contribution in [2.24, 2.45) is 0 Å². The molecule has 1 aromatic heterocycles. The van der Waals surface area contributed by atoms with Crippen molar-refractivity contribution < 1.29 is 15.0 Å². The summed E-state index contributed by atoms with van der Waals surface area (Å²) >= 11 is 0. The van der Waals surface area contributed by atoms with Gasteiger partial charge >= 0.3 is 5.97 Å². The van der Waals surface area contributed by atoms with Gasteiger partial charge in [0, 0.05) is 22.7 Å². The molecule has 1 atom stereocenters. The first-order chi connectivity index (χ1) is 7.59. The highest BCUT2D eigenvalue weighted by atomic mass is 16.4. The molecule has 1 unspecified atom stereocenters. The third-order valence-corrected chi connectivity index (χ3v) is 2.68. The second-order valence-electron chi connectivity index (χ2n) is 3.86. The minimum atomic E-state index is -1.01. The van der Waals surface area contributed by atoms with E-state index in [1.165, 1.54) is 0 Å². The minimum Gasteiger partial charge on any atom is -0.481 e. The van der Waals surface area contributed by atoms with Crippen LogP contribution < -0.4 is 0 Å². The Hall–Kier alpha value is -1.81. The Balaban J connectivity index is 2.46. The van der Waals surface area contributed by atoms with E-state index in [2.05, 4.69) is 4.98 Å². The Morgan fingerprint density at radius 3 is 2.94 bits per heavy atom. The SMILES string of the molecule is Cc1cccc2c(C(O)CC(=O)O)c[nH]c12. The van der Waals surface area contributed by atoms with Crippen LogP contribution in [0.25, 0.3) is 10.9 Å². The number of hydrogen-bond acceptors (Lipinski definition) is 2. The molecule has 0 aliphatic carbocycles. The van der Waals surface area contributed by atoms with E-state index >= 15 is 0 Å². The number of hydrogen-bond donors (Lipinski definition) is 3. The van der Waals surface area contributed by atoms with Crippen LogP contribution in [0.5, 0.6) is 0 Å². The normalized spacial score (nSPS) is 12.9. The molecule has 0 aliphatic rings. The van der Waals surface area contributed by atoms with Crippen molar-refractivity contribution in [1.29, 1.82) is 0 Å². The summed E-state index contributed by atoms with van der Waals surface area (Å²) in [7, 11) is 0. The Bertz CT molecular complexity index is 530. The van der Waals surface area contributed by atoms with Gasteiger partial charge in [0.25, 0.3) is 0 Å². The predicted octanol–water partition coefficient (Wildman–Crippen LogP) is 1.98. The number of aliphatic hydroxyl groups is 1. The molecular formula is C12H13NO3. The lowest BCUT2D eigenvalue weighted by atomic mass is 10.0. The summed E-state index contributed by atoms with van der Waals surface area (Å²) in [5.41, 5.74) is 2.66. The van der Waals surface area contributed by atoms with Crippen molar-refractivity contribution in [1.82, 2.24) is 4.98 Å². The van der Waals surface area contributed by atoms with Gasteiger partial charge in [0.1, 0.15) is 0 Å². The van der Waals surface area contributed by atoms with Gasteiger partial charge in [-0.3, -0.25) is 4.79 Å². The molecule has 0 bridgehead atoms. The standard InChI is InChI=1S/C12H13NO3/c1-7-3-2-4-8-9(6-13-12(7)8)10(14)5-11(15)16/h2-4,6,10,13-14H,5H2,1H3,(H,15,16). The van der Waals surface area contributed by atoms with Crippen LogP contribution in [0.4, 0.5) is 0 Å². The van der Waals surface area contributed by atoms with Crippen molar-refractivity contribution >= 4 is 16.9 Å². The van der Waals surface area contributed by atoms with E-state index in [-0.39, 0.29) is 6.42 Å². The summed E-state index contributed by atoms with van der Waals surface area (Å²) in [6.45, 7) is 1.96. The summed E-state index contributed by atoms with van der Waals surface area (Å²) in [4.78, 5) is 13.6. The number of para-hydroxylation sites is 1. The number of fused-ring (bicyclic) bond motifs is 1. The number of aryl methyl sites for hydroxylation is 1. The third kappa shape index (κ3) is 1.79. The zero-order chi connectivity index (χ0) is 11.7. The van der Waals surface area contributed by atoms with Gasteiger partial charge in [-0.2, -0.15) is 0 Å². The highest BCUT2D eigenvalue weighted by molar-refractivity contribution is 5.86. The molecule has 16 heavy (non-hydrogen) atoms.